The summed E-state index contributed by atoms with van der Waals surface area (Å²) < 4.78 is 0. The van der Waals surface area contributed by atoms with E-state index >= 15 is 0 Å². The van der Waals surface area contributed by atoms with Crippen LogP contribution in [0.15, 0.2) is 12.2 Å². The van der Waals surface area contributed by atoms with Gasteiger partial charge in [-0.2, -0.15) is 0 Å². The maximum atomic E-state index is 9.87. The second kappa shape index (κ2) is 5.00. The van der Waals surface area contributed by atoms with Crippen molar-refractivity contribution >= 4 is 11.9 Å². The van der Waals surface area contributed by atoms with Crippen molar-refractivity contribution in [2.75, 3.05) is 0 Å². The molecule has 0 saturated carbocycles. The normalized spacial score (nSPS) is 7.60. The Morgan fingerprint density at radius 2 is 1.70 bits per heavy atom. The molecular formula is C5H6NiO4. The second-order valence-electron chi connectivity index (χ2n) is 1.48. The maximum absolute atomic E-state index is 9.87. The third-order valence-corrected chi connectivity index (χ3v) is 0.667. The first-order chi connectivity index (χ1) is 4.04. The second-order valence-corrected chi connectivity index (χ2v) is 1.48. The van der Waals surface area contributed by atoms with Crippen LogP contribution < -0.4 is 0 Å². The molecule has 0 aliphatic heterocycles. The number of hydrogen-bond donors (Lipinski definition) is 2. The first-order valence-corrected chi connectivity index (χ1v) is 2.17. The van der Waals surface area contributed by atoms with Crippen LogP contribution in [-0.4, -0.2) is 22.2 Å². The molecule has 0 fully saturated rings. The summed E-state index contributed by atoms with van der Waals surface area (Å²) in [4.78, 5) is 19.7. The van der Waals surface area contributed by atoms with Gasteiger partial charge in [0.1, 0.15) is 0 Å². The van der Waals surface area contributed by atoms with Crippen molar-refractivity contribution in [1.29, 1.82) is 0 Å². The number of carboxylic acids is 2. The molecule has 5 heteroatoms. The molecule has 0 aliphatic carbocycles. The molecule has 0 aromatic heterocycles. The Morgan fingerprint density at radius 1 is 1.30 bits per heavy atom. The van der Waals surface area contributed by atoms with E-state index in [9.17, 15) is 9.59 Å². The molecule has 0 saturated heterocycles. The molecule has 0 aromatic carbocycles. The van der Waals surface area contributed by atoms with Gasteiger partial charge in [-0.25, -0.2) is 4.79 Å². The largest absolute Gasteiger partial charge is 0.481 e. The third kappa shape index (κ3) is 5.31. The Morgan fingerprint density at radius 3 is 1.80 bits per heavy atom. The molecule has 4 nitrogen and oxygen atoms in total. The number of carbonyl (C=O) groups is 2. The molecule has 2 N–H and O–H groups in total. The third-order valence-electron chi connectivity index (χ3n) is 0.667. The first-order valence-electron chi connectivity index (χ1n) is 2.17. The molecule has 0 bridgehead atoms. The number of carboxylic acid groups (broad SMARTS) is 2. The predicted molar refractivity (Wildman–Crippen MR) is 29.0 cm³/mol. The summed E-state index contributed by atoms with van der Waals surface area (Å²) >= 11 is 0. The van der Waals surface area contributed by atoms with Crippen LogP contribution >= 0.6 is 0 Å². The number of rotatable bonds is 3. The molecule has 0 radical (unpaired) electrons. The fourth-order valence-corrected chi connectivity index (χ4v) is 0.258. The van der Waals surface area contributed by atoms with Crippen LogP contribution in [0.25, 0.3) is 0 Å². The van der Waals surface area contributed by atoms with Crippen LogP contribution in [0.4, 0.5) is 0 Å². The van der Waals surface area contributed by atoms with Gasteiger partial charge in [-0.1, -0.05) is 6.58 Å². The predicted octanol–water partition coefficient (Wildman–Crippen LogP) is 0.0994. The average Bonchev–Trinajstić information content (AvgIpc) is 1.63. The van der Waals surface area contributed by atoms with Crippen molar-refractivity contribution in [1.82, 2.24) is 0 Å². The van der Waals surface area contributed by atoms with Gasteiger partial charge >= 0.3 is 11.9 Å². The van der Waals surface area contributed by atoms with Gasteiger partial charge in [-0.3, -0.25) is 4.79 Å². The van der Waals surface area contributed by atoms with E-state index in [1.807, 2.05) is 0 Å². The van der Waals surface area contributed by atoms with E-state index in [4.69, 9.17) is 10.2 Å². The maximum Gasteiger partial charge on any atom is 0.331 e. The smallest absolute Gasteiger partial charge is 0.331 e. The molecule has 0 spiro atoms. The van der Waals surface area contributed by atoms with Crippen LogP contribution in [0.3, 0.4) is 0 Å². The van der Waals surface area contributed by atoms with Gasteiger partial charge in [-0.05, 0) is 0 Å². The molecule has 60 valence electrons. The summed E-state index contributed by atoms with van der Waals surface area (Å²) in [6.45, 7) is 3.01. The van der Waals surface area contributed by atoms with Crippen molar-refractivity contribution in [3.63, 3.8) is 0 Å². The fourth-order valence-electron chi connectivity index (χ4n) is 0.258. The van der Waals surface area contributed by atoms with Crippen LogP contribution in [0.1, 0.15) is 6.42 Å². The molecule has 0 aromatic rings. The summed E-state index contributed by atoms with van der Waals surface area (Å²) in [5, 5.41) is 16.1. The first kappa shape index (κ1) is 11.9. The monoisotopic (exact) mass is 188 g/mol. The average molecular weight is 189 g/mol. The number of hydrogen-bond acceptors (Lipinski definition) is 2. The van der Waals surface area contributed by atoms with Crippen molar-refractivity contribution in [2.24, 2.45) is 0 Å². The van der Waals surface area contributed by atoms with E-state index in [0.29, 0.717) is 0 Å². The molecule has 0 heterocycles. The van der Waals surface area contributed by atoms with Gasteiger partial charge in [-0.15, -0.1) is 0 Å². The summed E-state index contributed by atoms with van der Waals surface area (Å²) in [5.41, 5.74) is -0.303. The molecule has 0 atom stereocenters. The zero-order chi connectivity index (χ0) is 7.44. The quantitative estimate of drug-likeness (QED) is 0.487. The summed E-state index contributed by atoms with van der Waals surface area (Å²) in [5.74, 6) is -2.44. The molecule has 0 rings (SSSR count). The molecule has 10 heavy (non-hydrogen) atoms. The van der Waals surface area contributed by atoms with Gasteiger partial charge in [0.2, 0.25) is 0 Å². The van der Waals surface area contributed by atoms with E-state index in [-0.39, 0.29) is 22.1 Å². The van der Waals surface area contributed by atoms with E-state index in [0.717, 1.165) is 0 Å². The van der Waals surface area contributed by atoms with Gasteiger partial charge in [0.05, 0.1) is 6.42 Å². The van der Waals surface area contributed by atoms with Crippen LogP contribution in [0.5, 0.6) is 0 Å². The van der Waals surface area contributed by atoms with Crippen LogP contribution in [0.2, 0.25) is 0 Å². The Labute approximate surface area is 67.5 Å². The minimum Gasteiger partial charge on any atom is -0.481 e. The summed E-state index contributed by atoms with van der Waals surface area (Å²) in [6.07, 6.45) is -0.505. The van der Waals surface area contributed by atoms with Gasteiger partial charge in [0, 0.05) is 22.1 Å². The minimum absolute atomic E-state index is 0. The Balaban J connectivity index is 0. The number of aliphatic carboxylic acids is 2. The molecule has 0 aliphatic rings. The molecular weight excluding hydrogens is 183 g/mol. The fraction of sp³-hybridized carbons (Fsp3) is 0.200. The Bertz CT molecular complexity index is 163. The summed E-state index contributed by atoms with van der Waals surface area (Å²) in [7, 11) is 0. The standard InChI is InChI=1S/C5H6O4.Ni/c1-3(5(8)9)2-4(6)7;/h1-2H2,(H,6,7)(H,8,9);. The van der Waals surface area contributed by atoms with E-state index in [1.165, 1.54) is 0 Å². The molecule has 0 unspecified atom stereocenters. The Kier molecular flexibility index (Phi) is 5.95. The minimum atomic E-state index is -1.27. The van der Waals surface area contributed by atoms with Crippen molar-refractivity contribution in [3.8, 4) is 0 Å². The van der Waals surface area contributed by atoms with E-state index in [2.05, 4.69) is 6.58 Å². The van der Waals surface area contributed by atoms with E-state index in [1.54, 1.807) is 0 Å². The van der Waals surface area contributed by atoms with Crippen LogP contribution in [0, 0.1) is 0 Å². The van der Waals surface area contributed by atoms with Gasteiger partial charge in [0.25, 0.3) is 0 Å². The molecule has 0 amide bonds. The zero-order valence-corrected chi connectivity index (χ0v) is 5.93. The summed E-state index contributed by atoms with van der Waals surface area (Å²) in [6, 6.07) is 0. The van der Waals surface area contributed by atoms with E-state index < -0.39 is 18.4 Å². The van der Waals surface area contributed by atoms with Crippen molar-refractivity contribution in [3.05, 3.63) is 12.2 Å². The van der Waals surface area contributed by atoms with Crippen molar-refractivity contribution in [2.45, 2.75) is 6.42 Å². The zero-order valence-electron chi connectivity index (χ0n) is 4.94. The van der Waals surface area contributed by atoms with Gasteiger partial charge < -0.3 is 10.2 Å². The SMILES string of the molecule is C=C(CC(=O)O)C(=O)O.[Ni]. The Hall–Kier alpha value is -0.826. The van der Waals surface area contributed by atoms with Crippen molar-refractivity contribution < 1.29 is 36.3 Å². The van der Waals surface area contributed by atoms with Crippen LogP contribution in [-0.2, 0) is 26.1 Å². The topological polar surface area (TPSA) is 74.6 Å². The van der Waals surface area contributed by atoms with Gasteiger partial charge in [0.15, 0.2) is 0 Å².